The van der Waals surface area contributed by atoms with E-state index in [-0.39, 0.29) is 6.04 Å². The molecule has 29 heavy (non-hydrogen) atoms. The zero-order valence-corrected chi connectivity index (χ0v) is 17.4. The lowest BCUT2D eigenvalue weighted by Gasteiger charge is -2.38. The molecule has 1 aliphatic heterocycles. The number of para-hydroxylation sites is 1. The minimum Gasteiger partial charge on any atom is -0.361 e. The monoisotopic (exact) mass is 408 g/mol. The van der Waals surface area contributed by atoms with Gasteiger partial charge in [-0.1, -0.05) is 24.3 Å². The molecule has 0 bridgehead atoms. The van der Waals surface area contributed by atoms with Gasteiger partial charge >= 0.3 is 0 Å². The molecular weight excluding hydrogens is 384 g/mol. The van der Waals surface area contributed by atoms with Crippen molar-refractivity contribution in [3.05, 3.63) is 66.5 Å². The Morgan fingerprint density at radius 3 is 2.72 bits per heavy atom. The highest BCUT2D eigenvalue weighted by Gasteiger charge is 2.34. The van der Waals surface area contributed by atoms with E-state index in [4.69, 9.17) is 0 Å². The number of fused-ring (bicyclic) bond motifs is 2. The van der Waals surface area contributed by atoms with E-state index in [0.717, 1.165) is 16.4 Å². The van der Waals surface area contributed by atoms with Crippen molar-refractivity contribution in [1.29, 1.82) is 0 Å². The number of aromatic nitrogens is 2. The molecule has 7 heteroatoms. The summed E-state index contributed by atoms with van der Waals surface area (Å²) in [6.45, 7) is 1.62. The standard InChI is InChI=1S/C22H24N4O2S/c1-24-11-12-26(29(27,28)17-8-7-16-9-10-23-20(16)13-17)15-22(24)19-14-25(2)21-6-4-3-5-18(19)21/h3-10,13-14,22-23H,11-12,15H2,1-2H3. The van der Waals surface area contributed by atoms with Crippen LogP contribution in [-0.4, -0.2) is 53.9 Å². The molecule has 4 aromatic rings. The number of hydrogen-bond donors (Lipinski definition) is 1. The van der Waals surface area contributed by atoms with Gasteiger partial charge in [-0.15, -0.1) is 0 Å². The van der Waals surface area contributed by atoms with Gasteiger partial charge in [-0.05, 0) is 42.3 Å². The lowest BCUT2D eigenvalue weighted by Crippen LogP contribution is -2.48. The summed E-state index contributed by atoms with van der Waals surface area (Å²) in [5.41, 5.74) is 3.17. The summed E-state index contributed by atoms with van der Waals surface area (Å²) in [7, 11) is 0.545. The quantitative estimate of drug-likeness (QED) is 0.566. The Morgan fingerprint density at radius 2 is 1.86 bits per heavy atom. The molecule has 2 aromatic heterocycles. The molecule has 5 rings (SSSR count). The van der Waals surface area contributed by atoms with Crippen molar-refractivity contribution in [2.45, 2.75) is 10.9 Å². The number of H-pyrrole nitrogens is 1. The topological polar surface area (TPSA) is 61.3 Å². The molecule has 0 radical (unpaired) electrons. The Bertz CT molecular complexity index is 1300. The summed E-state index contributed by atoms with van der Waals surface area (Å²) in [6.07, 6.45) is 3.96. The molecule has 1 aliphatic rings. The van der Waals surface area contributed by atoms with Gasteiger partial charge in [0.2, 0.25) is 10.0 Å². The van der Waals surface area contributed by atoms with E-state index in [2.05, 4.69) is 39.8 Å². The first-order valence-corrected chi connectivity index (χ1v) is 11.2. The molecule has 0 saturated carbocycles. The van der Waals surface area contributed by atoms with E-state index < -0.39 is 10.0 Å². The predicted octanol–water partition coefficient (Wildman–Crippen LogP) is 3.34. The fourth-order valence-electron chi connectivity index (χ4n) is 4.38. The lowest BCUT2D eigenvalue weighted by atomic mass is 10.0. The zero-order chi connectivity index (χ0) is 20.2. The van der Waals surface area contributed by atoms with E-state index in [1.54, 1.807) is 16.4 Å². The van der Waals surface area contributed by atoms with Gasteiger partial charge < -0.3 is 9.55 Å². The number of nitrogens with zero attached hydrogens (tertiary/aromatic N) is 3. The number of sulfonamides is 1. The van der Waals surface area contributed by atoms with Gasteiger partial charge in [-0.3, -0.25) is 4.90 Å². The van der Waals surface area contributed by atoms with Crippen molar-refractivity contribution in [2.75, 3.05) is 26.7 Å². The molecular formula is C22H24N4O2S. The van der Waals surface area contributed by atoms with E-state index >= 15 is 0 Å². The van der Waals surface area contributed by atoms with Crippen LogP contribution >= 0.6 is 0 Å². The van der Waals surface area contributed by atoms with Gasteiger partial charge in [-0.2, -0.15) is 4.31 Å². The van der Waals surface area contributed by atoms with Crippen molar-refractivity contribution in [1.82, 2.24) is 18.8 Å². The SMILES string of the molecule is CN1CCN(S(=O)(=O)c2ccc3cc[nH]c3c2)CC1c1cn(C)c2ccccc12. The van der Waals surface area contributed by atoms with Gasteiger partial charge in [0.15, 0.2) is 0 Å². The number of aromatic amines is 1. The van der Waals surface area contributed by atoms with Crippen LogP contribution in [0.5, 0.6) is 0 Å². The molecule has 6 nitrogen and oxygen atoms in total. The number of likely N-dealkylation sites (N-methyl/N-ethyl adjacent to an activating group) is 1. The van der Waals surface area contributed by atoms with Crippen molar-refractivity contribution in [2.24, 2.45) is 7.05 Å². The number of nitrogens with one attached hydrogen (secondary N) is 1. The first-order valence-electron chi connectivity index (χ1n) is 9.76. The Morgan fingerprint density at radius 1 is 1.03 bits per heavy atom. The van der Waals surface area contributed by atoms with Gasteiger partial charge in [0.1, 0.15) is 0 Å². The third kappa shape index (κ3) is 2.97. The van der Waals surface area contributed by atoms with Crippen molar-refractivity contribution >= 4 is 31.8 Å². The number of benzene rings is 2. The fourth-order valence-corrected chi connectivity index (χ4v) is 5.84. The summed E-state index contributed by atoms with van der Waals surface area (Å²) >= 11 is 0. The van der Waals surface area contributed by atoms with Gasteiger partial charge in [0.05, 0.1) is 10.9 Å². The van der Waals surface area contributed by atoms with Gasteiger partial charge in [0.25, 0.3) is 0 Å². The summed E-state index contributed by atoms with van der Waals surface area (Å²) in [5.74, 6) is 0. The second-order valence-corrected chi connectivity index (χ2v) is 9.74. The van der Waals surface area contributed by atoms with Crippen LogP contribution in [0.3, 0.4) is 0 Å². The van der Waals surface area contributed by atoms with E-state index in [0.29, 0.717) is 24.5 Å². The molecule has 0 amide bonds. The molecule has 1 saturated heterocycles. The van der Waals surface area contributed by atoms with Gasteiger partial charge in [0, 0.05) is 55.5 Å². The third-order valence-electron chi connectivity index (χ3n) is 6.06. The van der Waals surface area contributed by atoms with Crippen LogP contribution in [0.4, 0.5) is 0 Å². The van der Waals surface area contributed by atoms with Crippen LogP contribution in [0.1, 0.15) is 11.6 Å². The molecule has 3 heterocycles. The Balaban J connectivity index is 1.52. The summed E-state index contributed by atoms with van der Waals surface area (Å²) < 4.78 is 30.5. The van der Waals surface area contributed by atoms with E-state index in [1.807, 2.05) is 37.5 Å². The normalized spacial score (nSPS) is 19.3. The molecule has 0 aliphatic carbocycles. The average Bonchev–Trinajstić information content (AvgIpc) is 3.32. The van der Waals surface area contributed by atoms with E-state index in [9.17, 15) is 8.42 Å². The summed E-state index contributed by atoms with van der Waals surface area (Å²) in [6, 6.07) is 15.5. The van der Waals surface area contributed by atoms with Crippen LogP contribution < -0.4 is 0 Å². The fraction of sp³-hybridized carbons (Fsp3) is 0.273. The summed E-state index contributed by atoms with van der Waals surface area (Å²) in [5, 5.41) is 2.19. The molecule has 1 fully saturated rings. The number of hydrogen-bond acceptors (Lipinski definition) is 3. The highest BCUT2D eigenvalue weighted by molar-refractivity contribution is 7.89. The van der Waals surface area contributed by atoms with Crippen LogP contribution in [0, 0.1) is 0 Å². The molecule has 1 atom stereocenters. The molecule has 2 aromatic carbocycles. The largest absolute Gasteiger partial charge is 0.361 e. The smallest absolute Gasteiger partial charge is 0.243 e. The number of rotatable bonds is 3. The maximum Gasteiger partial charge on any atom is 0.243 e. The second-order valence-electron chi connectivity index (χ2n) is 7.80. The first-order chi connectivity index (χ1) is 13.9. The average molecular weight is 409 g/mol. The number of piperazine rings is 1. The Hall–Kier alpha value is -2.61. The minimum atomic E-state index is -3.56. The van der Waals surface area contributed by atoms with E-state index in [1.165, 1.54) is 10.9 Å². The maximum atomic E-state index is 13.4. The van der Waals surface area contributed by atoms with Crippen molar-refractivity contribution in [3.63, 3.8) is 0 Å². The molecule has 150 valence electrons. The minimum absolute atomic E-state index is 0.0128. The Kier molecular flexibility index (Phi) is 4.27. The second kappa shape index (κ2) is 6.73. The first kappa shape index (κ1) is 18.4. The zero-order valence-electron chi connectivity index (χ0n) is 16.5. The van der Waals surface area contributed by atoms with Crippen LogP contribution in [0.25, 0.3) is 21.8 Å². The van der Waals surface area contributed by atoms with Crippen molar-refractivity contribution in [3.8, 4) is 0 Å². The third-order valence-corrected chi connectivity index (χ3v) is 7.92. The molecule has 0 spiro atoms. The van der Waals surface area contributed by atoms with Crippen LogP contribution in [-0.2, 0) is 17.1 Å². The summed E-state index contributed by atoms with van der Waals surface area (Å²) in [4.78, 5) is 5.70. The Labute approximate surface area is 170 Å². The molecule has 1 unspecified atom stereocenters. The maximum absolute atomic E-state index is 13.4. The van der Waals surface area contributed by atoms with Crippen LogP contribution in [0.15, 0.2) is 65.8 Å². The lowest BCUT2D eigenvalue weighted by molar-refractivity contribution is 0.149. The number of aryl methyl sites for hydroxylation is 1. The van der Waals surface area contributed by atoms with Crippen molar-refractivity contribution < 1.29 is 8.42 Å². The van der Waals surface area contributed by atoms with Crippen LogP contribution in [0.2, 0.25) is 0 Å². The highest BCUT2D eigenvalue weighted by Crippen LogP contribution is 2.33. The van der Waals surface area contributed by atoms with Gasteiger partial charge in [-0.25, -0.2) is 8.42 Å². The molecule has 1 N–H and O–H groups in total. The highest BCUT2D eigenvalue weighted by atomic mass is 32.2. The predicted molar refractivity (Wildman–Crippen MR) is 115 cm³/mol.